The van der Waals surface area contributed by atoms with Crippen LogP contribution in [0.4, 0.5) is 0 Å². The fourth-order valence-electron chi connectivity index (χ4n) is 3.42. The van der Waals surface area contributed by atoms with Gasteiger partial charge in [-0.25, -0.2) is 0 Å². The first-order chi connectivity index (χ1) is 8.22. The zero-order chi connectivity index (χ0) is 11.9. The van der Waals surface area contributed by atoms with E-state index in [-0.39, 0.29) is 11.3 Å². The van der Waals surface area contributed by atoms with Gasteiger partial charge in [0.15, 0.2) is 0 Å². The number of thiol groups is 1. The molecule has 2 unspecified atom stereocenters. The molecule has 1 aliphatic carbocycles. The molecule has 3 nitrogen and oxygen atoms in total. The molecule has 3 rings (SSSR count). The summed E-state index contributed by atoms with van der Waals surface area (Å²) >= 11 is 4.36. The number of hydrogen-bond acceptors (Lipinski definition) is 3. The van der Waals surface area contributed by atoms with Gasteiger partial charge in [0.05, 0.1) is 0 Å². The molecule has 4 heteroatoms. The maximum atomic E-state index is 12.0. The summed E-state index contributed by atoms with van der Waals surface area (Å²) in [6, 6.07) is 1.05. The predicted molar refractivity (Wildman–Crippen MR) is 71.3 cm³/mol. The van der Waals surface area contributed by atoms with Crippen LogP contribution < -0.4 is 5.32 Å². The predicted octanol–water partition coefficient (Wildman–Crippen LogP) is 1.44. The van der Waals surface area contributed by atoms with E-state index in [0.717, 1.165) is 12.2 Å². The zero-order valence-corrected chi connectivity index (χ0v) is 11.2. The minimum atomic E-state index is 0.251. The minimum Gasteiger partial charge on any atom is -0.352 e. The Morgan fingerprint density at radius 2 is 2.18 bits per heavy atom. The second-order valence-electron chi connectivity index (χ2n) is 6.04. The molecule has 1 amide bonds. The Hall–Kier alpha value is -0.220. The highest BCUT2D eigenvalue weighted by atomic mass is 32.1. The lowest BCUT2D eigenvalue weighted by atomic mass is 10.0. The van der Waals surface area contributed by atoms with Gasteiger partial charge in [0.2, 0.25) is 5.91 Å². The van der Waals surface area contributed by atoms with Gasteiger partial charge >= 0.3 is 0 Å². The number of carbonyl (C=O) groups is 1. The molecular weight excluding hydrogens is 232 g/mol. The number of nitrogens with zero attached hydrogens (tertiary/aromatic N) is 1. The molecule has 0 aromatic rings. The molecule has 0 aromatic heterocycles. The Morgan fingerprint density at radius 3 is 2.88 bits per heavy atom. The van der Waals surface area contributed by atoms with Crippen molar-refractivity contribution in [1.82, 2.24) is 10.2 Å². The van der Waals surface area contributed by atoms with Crippen LogP contribution in [-0.2, 0) is 4.79 Å². The molecule has 0 radical (unpaired) electrons. The highest BCUT2D eigenvalue weighted by molar-refractivity contribution is 7.80. The lowest BCUT2D eigenvalue weighted by Gasteiger charge is -2.22. The smallest absolute Gasteiger partial charge is 0.220 e. The normalized spacial score (nSPS) is 34.6. The van der Waals surface area contributed by atoms with Crippen molar-refractivity contribution in [2.75, 3.05) is 18.8 Å². The Morgan fingerprint density at radius 1 is 1.35 bits per heavy atom. The van der Waals surface area contributed by atoms with Crippen molar-refractivity contribution in [3.8, 4) is 0 Å². The molecule has 1 N–H and O–H groups in total. The van der Waals surface area contributed by atoms with Crippen molar-refractivity contribution in [3.05, 3.63) is 0 Å². The van der Waals surface area contributed by atoms with E-state index >= 15 is 0 Å². The SMILES string of the molecule is O=C(CC1(CS)CC1)NC1CCN2CCCC12. The lowest BCUT2D eigenvalue weighted by molar-refractivity contribution is -0.122. The van der Waals surface area contributed by atoms with Crippen molar-refractivity contribution < 1.29 is 4.79 Å². The molecule has 17 heavy (non-hydrogen) atoms. The third kappa shape index (κ3) is 2.34. The van der Waals surface area contributed by atoms with Crippen LogP contribution in [0.2, 0.25) is 0 Å². The quantitative estimate of drug-likeness (QED) is 0.744. The molecule has 2 atom stereocenters. The minimum absolute atomic E-state index is 0.251. The van der Waals surface area contributed by atoms with Gasteiger partial charge in [0.1, 0.15) is 0 Å². The summed E-state index contributed by atoms with van der Waals surface area (Å²) in [5.74, 6) is 1.12. The third-order valence-corrected chi connectivity index (χ3v) is 5.45. The first-order valence-electron chi connectivity index (χ1n) is 6.87. The first-order valence-corrected chi connectivity index (χ1v) is 7.50. The molecule has 1 saturated carbocycles. The number of hydrogen-bond donors (Lipinski definition) is 2. The van der Waals surface area contributed by atoms with Crippen LogP contribution >= 0.6 is 12.6 Å². The average molecular weight is 254 g/mol. The molecule has 0 bridgehead atoms. The first kappa shape index (κ1) is 11.8. The Bertz CT molecular complexity index is 317. The summed E-state index contributed by atoms with van der Waals surface area (Å²) in [6.45, 7) is 2.41. The van der Waals surface area contributed by atoms with E-state index in [0.29, 0.717) is 18.5 Å². The van der Waals surface area contributed by atoms with E-state index in [1.54, 1.807) is 0 Å². The number of nitrogens with one attached hydrogen (secondary N) is 1. The van der Waals surface area contributed by atoms with Gasteiger partial charge in [-0.05, 0) is 49.8 Å². The molecule has 2 aliphatic heterocycles. The van der Waals surface area contributed by atoms with Crippen LogP contribution in [0.3, 0.4) is 0 Å². The maximum Gasteiger partial charge on any atom is 0.220 e. The highest BCUT2D eigenvalue weighted by Gasteiger charge is 2.44. The van der Waals surface area contributed by atoms with Gasteiger partial charge in [-0.15, -0.1) is 0 Å². The molecule has 0 aromatic carbocycles. The summed E-state index contributed by atoms with van der Waals surface area (Å²) < 4.78 is 0. The zero-order valence-electron chi connectivity index (χ0n) is 10.3. The van der Waals surface area contributed by atoms with E-state index in [1.807, 2.05) is 0 Å². The Balaban J connectivity index is 1.51. The van der Waals surface area contributed by atoms with Crippen LogP contribution in [0, 0.1) is 5.41 Å². The summed E-state index contributed by atoms with van der Waals surface area (Å²) in [5, 5.41) is 3.27. The standard InChI is InChI=1S/C13H22N2OS/c16-12(8-13(9-17)4-5-13)14-10-3-7-15-6-1-2-11(10)15/h10-11,17H,1-9H2,(H,14,16). The van der Waals surface area contributed by atoms with Crippen LogP contribution in [0.1, 0.15) is 38.5 Å². The molecule has 2 saturated heterocycles. The van der Waals surface area contributed by atoms with Crippen molar-refractivity contribution in [3.63, 3.8) is 0 Å². The van der Waals surface area contributed by atoms with Crippen molar-refractivity contribution >= 4 is 18.5 Å². The molecule has 96 valence electrons. The number of carbonyl (C=O) groups excluding carboxylic acids is 1. The summed E-state index contributed by atoms with van der Waals surface area (Å²) in [6.07, 6.45) is 6.78. The maximum absolute atomic E-state index is 12.0. The van der Waals surface area contributed by atoms with Crippen molar-refractivity contribution in [2.45, 2.75) is 50.6 Å². The van der Waals surface area contributed by atoms with Gasteiger partial charge in [-0.1, -0.05) is 0 Å². The highest BCUT2D eigenvalue weighted by Crippen LogP contribution is 2.49. The molecule has 2 heterocycles. The molecule has 3 aliphatic rings. The lowest BCUT2D eigenvalue weighted by Crippen LogP contribution is -2.43. The van der Waals surface area contributed by atoms with E-state index < -0.39 is 0 Å². The van der Waals surface area contributed by atoms with Gasteiger partial charge in [-0.2, -0.15) is 12.6 Å². The Labute approximate surface area is 109 Å². The van der Waals surface area contributed by atoms with Crippen LogP contribution in [0.25, 0.3) is 0 Å². The van der Waals surface area contributed by atoms with E-state index in [2.05, 4.69) is 22.8 Å². The average Bonchev–Trinajstić information content (AvgIpc) is 2.76. The van der Waals surface area contributed by atoms with Crippen molar-refractivity contribution in [2.24, 2.45) is 5.41 Å². The van der Waals surface area contributed by atoms with Gasteiger partial charge in [0.25, 0.3) is 0 Å². The van der Waals surface area contributed by atoms with Gasteiger partial charge in [0, 0.05) is 25.0 Å². The molecule has 0 spiro atoms. The van der Waals surface area contributed by atoms with E-state index in [1.165, 1.54) is 38.8 Å². The number of fused-ring (bicyclic) bond motifs is 1. The second kappa shape index (κ2) is 4.47. The van der Waals surface area contributed by atoms with Crippen LogP contribution in [0.5, 0.6) is 0 Å². The summed E-state index contributed by atoms with van der Waals surface area (Å²) in [4.78, 5) is 14.6. The van der Waals surface area contributed by atoms with E-state index in [9.17, 15) is 4.79 Å². The summed E-state index contributed by atoms with van der Waals surface area (Å²) in [5.41, 5.74) is 0.251. The summed E-state index contributed by atoms with van der Waals surface area (Å²) in [7, 11) is 0. The third-order valence-electron chi connectivity index (χ3n) is 4.78. The van der Waals surface area contributed by atoms with Gasteiger partial charge in [-0.3, -0.25) is 9.69 Å². The fourth-order valence-corrected chi connectivity index (χ4v) is 3.84. The Kier molecular flexibility index (Phi) is 3.11. The van der Waals surface area contributed by atoms with Crippen molar-refractivity contribution in [1.29, 1.82) is 0 Å². The van der Waals surface area contributed by atoms with Gasteiger partial charge < -0.3 is 5.32 Å². The molecule has 3 fully saturated rings. The van der Waals surface area contributed by atoms with Crippen LogP contribution in [0.15, 0.2) is 0 Å². The topological polar surface area (TPSA) is 32.3 Å². The van der Waals surface area contributed by atoms with Crippen LogP contribution in [-0.4, -0.2) is 41.7 Å². The monoisotopic (exact) mass is 254 g/mol. The number of rotatable bonds is 4. The van der Waals surface area contributed by atoms with E-state index in [4.69, 9.17) is 0 Å². The fraction of sp³-hybridized carbons (Fsp3) is 0.923. The largest absolute Gasteiger partial charge is 0.352 e. The molecular formula is C13H22N2OS. The second-order valence-corrected chi connectivity index (χ2v) is 6.36. The number of amides is 1.